The number of benzene rings is 1. The van der Waals surface area contributed by atoms with Crippen molar-refractivity contribution in [3.63, 3.8) is 0 Å². The third-order valence-electron chi connectivity index (χ3n) is 4.10. The second kappa shape index (κ2) is 7.70. The van der Waals surface area contributed by atoms with Crippen molar-refractivity contribution in [2.24, 2.45) is 0 Å². The number of aryl methyl sites for hydroxylation is 1. The lowest BCUT2D eigenvalue weighted by Crippen LogP contribution is -2.41. The summed E-state index contributed by atoms with van der Waals surface area (Å²) < 4.78 is 5.58. The van der Waals surface area contributed by atoms with E-state index in [4.69, 9.17) is 4.74 Å². The third kappa shape index (κ3) is 4.39. The maximum absolute atomic E-state index is 12.4. The van der Waals surface area contributed by atoms with E-state index < -0.39 is 0 Å². The third-order valence-corrected chi connectivity index (χ3v) is 5.22. The van der Waals surface area contributed by atoms with E-state index in [0.717, 1.165) is 42.2 Å². The molecule has 0 N–H and O–H groups in total. The van der Waals surface area contributed by atoms with E-state index in [2.05, 4.69) is 10.4 Å². The van der Waals surface area contributed by atoms with Gasteiger partial charge in [0.1, 0.15) is 6.61 Å². The van der Waals surface area contributed by atoms with Gasteiger partial charge in [0.05, 0.1) is 11.6 Å². The Morgan fingerprint density at radius 1 is 1.39 bits per heavy atom. The molecule has 0 bridgehead atoms. The van der Waals surface area contributed by atoms with Crippen molar-refractivity contribution in [1.82, 2.24) is 9.88 Å². The van der Waals surface area contributed by atoms with Crippen molar-refractivity contribution < 1.29 is 9.53 Å². The molecule has 5 heteroatoms. The van der Waals surface area contributed by atoms with Gasteiger partial charge in [-0.3, -0.25) is 4.79 Å². The number of hydrogen-bond acceptors (Lipinski definition) is 4. The molecule has 1 aliphatic rings. The Morgan fingerprint density at radius 2 is 2.22 bits per heavy atom. The molecule has 1 saturated heterocycles. The van der Waals surface area contributed by atoms with Gasteiger partial charge < -0.3 is 9.64 Å². The number of thiazole rings is 1. The lowest BCUT2D eigenvalue weighted by Gasteiger charge is -2.31. The van der Waals surface area contributed by atoms with Crippen LogP contribution in [0, 0.1) is 6.92 Å². The Hall–Kier alpha value is -1.72. The molecule has 0 radical (unpaired) electrons. The molecule has 4 nitrogen and oxygen atoms in total. The van der Waals surface area contributed by atoms with Gasteiger partial charge in [-0.15, -0.1) is 11.3 Å². The summed E-state index contributed by atoms with van der Waals surface area (Å²) in [6.45, 7) is 4.24. The van der Waals surface area contributed by atoms with Crippen molar-refractivity contribution in [2.75, 3.05) is 19.7 Å². The van der Waals surface area contributed by atoms with Gasteiger partial charge in [-0.1, -0.05) is 30.3 Å². The molecule has 2 aromatic rings. The van der Waals surface area contributed by atoms with Crippen LogP contribution < -0.4 is 0 Å². The highest BCUT2D eigenvalue weighted by Gasteiger charge is 2.26. The summed E-state index contributed by atoms with van der Waals surface area (Å²) in [5.41, 5.74) is 2.16. The number of carbonyl (C=O) groups excluding carboxylic acids is 1. The van der Waals surface area contributed by atoms with Crippen LogP contribution in [0.4, 0.5) is 0 Å². The maximum atomic E-state index is 12.4. The van der Waals surface area contributed by atoms with Gasteiger partial charge in [-0.2, -0.15) is 0 Å². The number of rotatable bonds is 5. The van der Waals surface area contributed by atoms with E-state index in [1.807, 2.05) is 42.2 Å². The van der Waals surface area contributed by atoms with Crippen molar-refractivity contribution in [3.05, 3.63) is 52.0 Å². The number of nitrogens with zero attached hydrogens (tertiary/aromatic N) is 2. The average molecular weight is 330 g/mol. The largest absolute Gasteiger partial charge is 0.367 e. The maximum Gasteiger partial charge on any atom is 0.248 e. The van der Waals surface area contributed by atoms with Crippen LogP contribution in [0.1, 0.15) is 35.0 Å². The molecule has 122 valence electrons. The summed E-state index contributed by atoms with van der Waals surface area (Å²) in [6.07, 6.45) is 2.15. The molecule has 1 aliphatic heterocycles. The van der Waals surface area contributed by atoms with E-state index in [1.54, 1.807) is 11.3 Å². The highest BCUT2D eigenvalue weighted by Crippen LogP contribution is 2.29. The minimum Gasteiger partial charge on any atom is -0.367 e. The lowest BCUT2D eigenvalue weighted by molar-refractivity contribution is -0.137. The molecule has 0 aliphatic carbocycles. The molecule has 0 saturated carbocycles. The van der Waals surface area contributed by atoms with Gasteiger partial charge >= 0.3 is 0 Å². The van der Waals surface area contributed by atoms with E-state index >= 15 is 0 Å². The fraction of sp³-hybridized carbons (Fsp3) is 0.444. The molecule has 1 amide bonds. The lowest BCUT2D eigenvalue weighted by atomic mass is 9.99. The van der Waals surface area contributed by atoms with Crippen LogP contribution in [0.25, 0.3) is 0 Å². The normalized spacial score (nSPS) is 18.1. The van der Waals surface area contributed by atoms with Gasteiger partial charge in [-0.05, 0) is 25.3 Å². The van der Waals surface area contributed by atoms with Crippen molar-refractivity contribution in [1.29, 1.82) is 0 Å². The van der Waals surface area contributed by atoms with Gasteiger partial charge in [-0.25, -0.2) is 4.98 Å². The highest BCUT2D eigenvalue weighted by molar-refractivity contribution is 7.09. The summed E-state index contributed by atoms with van der Waals surface area (Å²) in [5, 5.41) is 3.24. The van der Waals surface area contributed by atoms with Crippen LogP contribution in [-0.4, -0.2) is 35.5 Å². The smallest absolute Gasteiger partial charge is 0.248 e. The Morgan fingerprint density at radius 3 is 2.96 bits per heavy atom. The van der Waals surface area contributed by atoms with Crippen molar-refractivity contribution in [3.8, 4) is 0 Å². The quantitative estimate of drug-likeness (QED) is 0.844. The monoisotopic (exact) mass is 330 g/mol. The highest BCUT2D eigenvalue weighted by atomic mass is 32.1. The molecule has 0 unspecified atom stereocenters. The summed E-state index contributed by atoms with van der Waals surface area (Å²) >= 11 is 1.70. The minimum absolute atomic E-state index is 0.0823. The van der Waals surface area contributed by atoms with Crippen LogP contribution in [-0.2, 0) is 16.1 Å². The summed E-state index contributed by atoms with van der Waals surface area (Å²) in [7, 11) is 0. The van der Waals surface area contributed by atoms with Crippen LogP contribution in [0.2, 0.25) is 0 Å². The predicted molar refractivity (Wildman–Crippen MR) is 91.5 cm³/mol. The molecule has 1 aromatic carbocycles. The fourth-order valence-electron chi connectivity index (χ4n) is 2.89. The first-order valence-electron chi connectivity index (χ1n) is 8.04. The number of carbonyl (C=O) groups is 1. The van der Waals surface area contributed by atoms with E-state index in [0.29, 0.717) is 12.5 Å². The van der Waals surface area contributed by atoms with Gasteiger partial charge in [0, 0.05) is 30.1 Å². The van der Waals surface area contributed by atoms with Crippen LogP contribution in [0.15, 0.2) is 35.7 Å². The molecule has 3 rings (SSSR count). The molecule has 23 heavy (non-hydrogen) atoms. The number of piperidine rings is 1. The van der Waals surface area contributed by atoms with E-state index in [-0.39, 0.29) is 12.5 Å². The topological polar surface area (TPSA) is 42.4 Å². The van der Waals surface area contributed by atoms with Crippen molar-refractivity contribution in [2.45, 2.75) is 32.3 Å². The van der Waals surface area contributed by atoms with Crippen LogP contribution >= 0.6 is 11.3 Å². The summed E-state index contributed by atoms with van der Waals surface area (Å²) in [6, 6.07) is 9.94. The number of ether oxygens (including phenoxy) is 1. The van der Waals surface area contributed by atoms with Crippen molar-refractivity contribution >= 4 is 17.2 Å². The number of amides is 1. The van der Waals surface area contributed by atoms with Gasteiger partial charge in [0.25, 0.3) is 0 Å². The first kappa shape index (κ1) is 16.1. The predicted octanol–water partition coefficient (Wildman–Crippen LogP) is 3.37. The Bertz CT molecular complexity index is 641. The first-order chi connectivity index (χ1) is 11.2. The SMILES string of the molecule is Cc1csc([C@@H]2CCCN(C(=O)COCc3ccccc3)C2)n1. The molecule has 1 fully saturated rings. The van der Waals surface area contributed by atoms with Crippen LogP contribution in [0.3, 0.4) is 0 Å². The molecule has 1 aromatic heterocycles. The Balaban J connectivity index is 1.49. The minimum atomic E-state index is 0.0823. The number of hydrogen-bond donors (Lipinski definition) is 0. The second-order valence-corrected chi connectivity index (χ2v) is 6.87. The van der Waals surface area contributed by atoms with Crippen LogP contribution in [0.5, 0.6) is 0 Å². The molecule has 0 spiro atoms. The number of likely N-dealkylation sites (tertiary alicyclic amines) is 1. The van der Waals surface area contributed by atoms with Gasteiger partial charge in [0.15, 0.2) is 0 Å². The zero-order chi connectivity index (χ0) is 16.1. The molecular weight excluding hydrogens is 308 g/mol. The summed E-state index contributed by atoms with van der Waals surface area (Å²) in [4.78, 5) is 18.9. The molecule has 1 atom stereocenters. The van der Waals surface area contributed by atoms with E-state index in [9.17, 15) is 4.79 Å². The second-order valence-electron chi connectivity index (χ2n) is 5.98. The average Bonchev–Trinajstić information content (AvgIpc) is 3.02. The standard InChI is InChI=1S/C18H22N2O2S/c1-14-13-23-18(19-14)16-8-5-9-20(10-16)17(21)12-22-11-15-6-3-2-4-7-15/h2-4,6-7,13,16H,5,8-12H2,1H3/t16-/m1/s1. The first-order valence-corrected chi connectivity index (χ1v) is 8.92. The molecule has 2 heterocycles. The zero-order valence-corrected chi connectivity index (χ0v) is 14.2. The Kier molecular flexibility index (Phi) is 5.41. The zero-order valence-electron chi connectivity index (χ0n) is 13.4. The Labute approximate surface area is 141 Å². The van der Waals surface area contributed by atoms with E-state index in [1.165, 1.54) is 0 Å². The van der Waals surface area contributed by atoms with Gasteiger partial charge in [0.2, 0.25) is 5.91 Å². The summed E-state index contributed by atoms with van der Waals surface area (Å²) in [5.74, 6) is 0.458. The number of aromatic nitrogens is 1. The molecular formula is C18H22N2O2S. The fourth-order valence-corrected chi connectivity index (χ4v) is 3.81.